The first-order valence-electron chi connectivity index (χ1n) is 6.31. The molecule has 0 bridgehead atoms. The molecular weight excluding hydrogens is 278 g/mol. The van der Waals surface area contributed by atoms with Gasteiger partial charge in [-0.1, -0.05) is 6.07 Å². The molecule has 2 rings (SSSR count). The van der Waals surface area contributed by atoms with Crippen LogP contribution >= 0.6 is 0 Å². The zero-order chi connectivity index (χ0) is 15.4. The van der Waals surface area contributed by atoms with Crippen molar-refractivity contribution in [2.45, 2.75) is 20.0 Å². The molecule has 0 saturated heterocycles. The number of hydrogen-bond acceptors (Lipinski definition) is 3. The molecule has 21 heavy (non-hydrogen) atoms. The molecule has 2 aromatic rings. The maximum Gasteiger partial charge on any atom is 0.266 e. The third kappa shape index (κ3) is 3.75. The fourth-order valence-electron chi connectivity index (χ4n) is 1.65. The molecule has 0 aliphatic heterocycles. The van der Waals surface area contributed by atoms with E-state index in [1.807, 2.05) is 0 Å². The average Bonchev–Trinajstić information content (AvgIpc) is 2.44. The van der Waals surface area contributed by atoms with Gasteiger partial charge in [0.2, 0.25) is 0 Å². The van der Waals surface area contributed by atoms with Crippen LogP contribution in [0.25, 0.3) is 0 Å². The minimum Gasteiger partial charge on any atom is -0.478 e. The van der Waals surface area contributed by atoms with Crippen LogP contribution in [0, 0.1) is 18.6 Å². The van der Waals surface area contributed by atoms with Crippen LogP contribution in [0.3, 0.4) is 0 Å². The van der Waals surface area contributed by atoms with Gasteiger partial charge in [0.15, 0.2) is 17.7 Å². The SMILES string of the molecule is Cc1cccnc1NC(=O)[C@H](C)Oc1ccc(F)cc1F. The highest BCUT2D eigenvalue weighted by Crippen LogP contribution is 2.19. The third-order valence-electron chi connectivity index (χ3n) is 2.82. The van der Waals surface area contributed by atoms with Crippen molar-refractivity contribution >= 4 is 11.7 Å². The summed E-state index contributed by atoms with van der Waals surface area (Å²) in [6, 6.07) is 6.45. The second-order valence-electron chi connectivity index (χ2n) is 4.49. The molecule has 0 aliphatic rings. The number of nitrogens with zero attached hydrogens (tertiary/aromatic N) is 1. The van der Waals surface area contributed by atoms with Crippen molar-refractivity contribution in [3.8, 4) is 5.75 Å². The number of halogens is 2. The summed E-state index contributed by atoms with van der Waals surface area (Å²) in [6.45, 7) is 3.27. The van der Waals surface area contributed by atoms with Crippen LogP contribution < -0.4 is 10.1 Å². The van der Waals surface area contributed by atoms with Crippen LogP contribution in [0.15, 0.2) is 36.5 Å². The molecule has 0 fully saturated rings. The Bertz CT molecular complexity index is 662. The van der Waals surface area contributed by atoms with E-state index in [1.165, 1.54) is 6.92 Å². The van der Waals surface area contributed by atoms with Crippen molar-refractivity contribution < 1.29 is 18.3 Å². The highest BCUT2D eigenvalue weighted by Gasteiger charge is 2.18. The van der Waals surface area contributed by atoms with Gasteiger partial charge in [0.25, 0.3) is 5.91 Å². The molecule has 6 heteroatoms. The van der Waals surface area contributed by atoms with E-state index in [2.05, 4.69) is 10.3 Å². The fraction of sp³-hybridized carbons (Fsp3) is 0.200. The number of carbonyl (C=O) groups excluding carboxylic acids is 1. The van der Waals surface area contributed by atoms with Gasteiger partial charge >= 0.3 is 0 Å². The first-order chi connectivity index (χ1) is 9.97. The zero-order valence-corrected chi connectivity index (χ0v) is 11.6. The highest BCUT2D eigenvalue weighted by atomic mass is 19.1. The summed E-state index contributed by atoms with van der Waals surface area (Å²) in [6.07, 6.45) is 0.597. The molecule has 4 nitrogen and oxygen atoms in total. The minimum atomic E-state index is -0.952. The molecule has 110 valence electrons. The van der Waals surface area contributed by atoms with E-state index >= 15 is 0 Å². The van der Waals surface area contributed by atoms with E-state index in [9.17, 15) is 13.6 Å². The number of anilines is 1. The molecule has 0 radical (unpaired) electrons. The van der Waals surface area contributed by atoms with Crippen LogP contribution in [0.5, 0.6) is 5.75 Å². The predicted octanol–water partition coefficient (Wildman–Crippen LogP) is 3.07. The highest BCUT2D eigenvalue weighted by molar-refractivity contribution is 5.93. The molecular formula is C15H14F2N2O2. The van der Waals surface area contributed by atoms with Gasteiger partial charge in [0.1, 0.15) is 11.6 Å². The van der Waals surface area contributed by atoms with Crippen LogP contribution in [-0.2, 0) is 4.79 Å². The summed E-state index contributed by atoms with van der Waals surface area (Å²) >= 11 is 0. The number of rotatable bonds is 4. The summed E-state index contributed by atoms with van der Waals surface area (Å²) in [5.74, 6) is -1.81. The molecule has 0 unspecified atom stereocenters. The standard InChI is InChI=1S/C15H14F2N2O2/c1-9-4-3-7-18-14(9)19-15(20)10(2)21-13-6-5-11(16)8-12(13)17/h3-8,10H,1-2H3,(H,18,19,20)/t10-/m0/s1. The number of aryl methyl sites for hydroxylation is 1. The Labute approximate surface area is 120 Å². The number of carbonyl (C=O) groups is 1. The van der Waals surface area contributed by atoms with Gasteiger partial charge in [-0.25, -0.2) is 13.8 Å². The number of amides is 1. The minimum absolute atomic E-state index is 0.184. The third-order valence-corrected chi connectivity index (χ3v) is 2.82. The number of pyridine rings is 1. The van der Waals surface area contributed by atoms with E-state index in [4.69, 9.17) is 4.74 Å². The Morgan fingerprint density at radius 2 is 2.10 bits per heavy atom. The van der Waals surface area contributed by atoms with Crippen molar-refractivity contribution in [2.24, 2.45) is 0 Å². The molecule has 1 atom stereocenters. The van der Waals surface area contributed by atoms with Crippen molar-refractivity contribution in [3.63, 3.8) is 0 Å². The van der Waals surface area contributed by atoms with E-state index in [0.29, 0.717) is 11.9 Å². The lowest BCUT2D eigenvalue weighted by atomic mass is 10.2. The predicted molar refractivity (Wildman–Crippen MR) is 74.1 cm³/mol. The van der Waals surface area contributed by atoms with Gasteiger partial charge < -0.3 is 10.1 Å². The number of benzene rings is 1. The summed E-state index contributed by atoms with van der Waals surface area (Å²) in [4.78, 5) is 16.0. The van der Waals surface area contributed by atoms with Gasteiger partial charge in [-0.15, -0.1) is 0 Å². The maximum absolute atomic E-state index is 13.5. The lowest BCUT2D eigenvalue weighted by Gasteiger charge is -2.15. The van der Waals surface area contributed by atoms with E-state index in [0.717, 1.165) is 17.7 Å². The van der Waals surface area contributed by atoms with Gasteiger partial charge in [0, 0.05) is 12.3 Å². The second-order valence-corrected chi connectivity index (χ2v) is 4.49. The summed E-state index contributed by atoms with van der Waals surface area (Å²) in [7, 11) is 0. The van der Waals surface area contributed by atoms with Crippen LogP contribution in [0.4, 0.5) is 14.6 Å². The summed E-state index contributed by atoms with van der Waals surface area (Å²) in [5.41, 5.74) is 0.797. The largest absolute Gasteiger partial charge is 0.478 e. The Hall–Kier alpha value is -2.50. The van der Waals surface area contributed by atoms with Crippen LogP contribution in [0.1, 0.15) is 12.5 Å². The molecule has 0 saturated carbocycles. The van der Waals surface area contributed by atoms with E-state index < -0.39 is 23.6 Å². The van der Waals surface area contributed by atoms with Crippen molar-refractivity contribution in [1.29, 1.82) is 0 Å². The monoisotopic (exact) mass is 292 g/mol. The number of hydrogen-bond donors (Lipinski definition) is 1. The zero-order valence-electron chi connectivity index (χ0n) is 11.6. The average molecular weight is 292 g/mol. The Morgan fingerprint density at radius 3 is 2.76 bits per heavy atom. The fourth-order valence-corrected chi connectivity index (χ4v) is 1.65. The lowest BCUT2D eigenvalue weighted by molar-refractivity contribution is -0.122. The molecule has 1 heterocycles. The van der Waals surface area contributed by atoms with E-state index in [-0.39, 0.29) is 5.75 Å². The topological polar surface area (TPSA) is 51.2 Å². The summed E-state index contributed by atoms with van der Waals surface area (Å²) in [5, 5.41) is 2.59. The lowest BCUT2D eigenvalue weighted by Crippen LogP contribution is -2.31. The molecule has 1 amide bonds. The van der Waals surface area contributed by atoms with Crippen LogP contribution in [0.2, 0.25) is 0 Å². The Balaban J connectivity index is 2.04. The number of nitrogens with one attached hydrogen (secondary N) is 1. The Kier molecular flexibility index (Phi) is 4.47. The first kappa shape index (κ1) is 14.9. The van der Waals surface area contributed by atoms with Crippen molar-refractivity contribution in [1.82, 2.24) is 4.98 Å². The second kappa shape index (κ2) is 6.30. The molecule has 1 N–H and O–H groups in total. The van der Waals surface area contributed by atoms with E-state index in [1.54, 1.807) is 25.3 Å². The number of aromatic nitrogens is 1. The smallest absolute Gasteiger partial charge is 0.266 e. The van der Waals surface area contributed by atoms with Gasteiger partial charge in [-0.05, 0) is 37.6 Å². The molecule has 1 aromatic heterocycles. The first-order valence-corrected chi connectivity index (χ1v) is 6.31. The van der Waals surface area contributed by atoms with Crippen molar-refractivity contribution in [3.05, 3.63) is 53.7 Å². The number of ether oxygens (including phenoxy) is 1. The van der Waals surface area contributed by atoms with Crippen molar-refractivity contribution in [2.75, 3.05) is 5.32 Å². The Morgan fingerprint density at radius 1 is 1.33 bits per heavy atom. The quantitative estimate of drug-likeness (QED) is 0.942. The molecule has 0 spiro atoms. The van der Waals surface area contributed by atoms with Gasteiger partial charge in [-0.2, -0.15) is 0 Å². The van der Waals surface area contributed by atoms with Crippen LogP contribution in [-0.4, -0.2) is 17.0 Å². The van der Waals surface area contributed by atoms with Gasteiger partial charge in [0.05, 0.1) is 0 Å². The summed E-state index contributed by atoms with van der Waals surface area (Å²) < 4.78 is 31.4. The maximum atomic E-state index is 13.5. The molecule has 1 aromatic carbocycles. The van der Waals surface area contributed by atoms with Gasteiger partial charge in [-0.3, -0.25) is 4.79 Å². The molecule has 0 aliphatic carbocycles. The normalized spacial score (nSPS) is 11.8.